The number of aromatic nitrogens is 3. The number of nitrogens with one attached hydrogen (secondary N) is 2. The molecule has 10 nitrogen and oxygen atoms in total. The van der Waals surface area contributed by atoms with Crippen molar-refractivity contribution in [2.24, 2.45) is 0 Å². The number of hydrogen-bond donors (Lipinski definition) is 2. The molecule has 0 spiro atoms. The Bertz CT molecular complexity index is 1040. The van der Waals surface area contributed by atoms with Crippen molar-refractivity contribution in [2.45, 2.75) is 43.8 Å². The molecule has 1 atom stereocenters. The third-order valence-corrected chi connectivity index (χ3v) is 6.21. The number of methoxy groups -OCH3 is 1. The Morgan fingerprint density at radius 3 is 2.73 bits per heavy atom. The fourth-order valence-corrected chi connectivity index (χ4v) is 4.57. The predicted octanol–water partition coefficient (Wildman–Crippen LogP) is 1.09. The quantitative estimate of drug-likeness (QED) is 0.713. The average Bonchev–Trinajstić information content (AvgIpc) is 3.51. The second-order valence-corrected chi connectivity index (χ2v) is 8.02. The molecule has 1 aliphatic carbocycles. The molecule has 1 saturated carbocycles. The lowest BCUT2D eigenvalue weighted by Gasteiger charge is -2.29. The summed E-state index contributed by atoms with van der Waals surface area (Å²) in [5.74, 6) is -0.169. The molecule has 1 aromatic heterocycles. The van der Waals surface area contributed by atoms with Crippen molar-refractivity contribution in [3.63, 3.8) is 0 Å². The van der Waals surface area contributed by atoms with Crippen LogP contribution in [-0.4, -0.2) is 51.4 Å². The molecular weight excluding hydrogens is 388 g/mol. The van der Waals surface area contributed by atoms with Gasteiger partial charge in [0.15, 0.2) is 5.54 Å². The van der Waals surface area contributed by atoms with Gasteiger partial charge in [-0.1, -0.05) is 24.1 Å². The van der Waals surface area contributed by atoms with E-state index in [1.807, 2.05) is 6.07 Å². The Labute approximate surface area is 172 Å². The lowest BCUT2D eigenvalue weighted by molar-refractivity contribution is -0.125. The maximum Gasteiger partial charge on any atom is 0.322 e. The summed E-state index contributed by atoms with van der Waals surface area (Å²) >= 11 is 0. The summed E-state index contributed by atoms with van der Waals surface area (Å²) in [5.41, 5.74) is 0.230. The van der Waals surface area contributed by atoms with E-state index in [0.717, 1.165) is 31.2 Å². The molecule has 0 radical (unpaired) electrons. The first kappa shape index (κ1) is 18.6. The number of imide groups is 1. The van der Waals surface area contributed by atoms with Gasteiger partial charge in [0.1, 0.15) is 11.4 Å². The zero-order chi connectivity index (χ0) is 20.9. The summed E-state index contributed by atoms with van der Waals surface area (Å²) in [6.07, 6.45) is 6.00. The first-order valence-electron chi connectivity index (χ1n) is 10.0. The molecule has 2 N–H and O–H groups in total. The van der Waals surface area contributed by atoms with Crippen molar-refractivity contribution in [1.29, 1.82) is 0 Å². The van der Waals surface area contributed by atoms with Crippen LogP contribution in [0.2, 0.25) is 0 Å². The number of carbonyl (C=O) groups excluding carboxylic acids is 3. The van der Waals surface area contributed by atoms with Crippen molar-refractivity contribution in [2.75, 3.05) is 13.7 Å². The average molecular weight is 410 g/mol. The van der Waals surface area contributed by atoms with Crippen LogP contribution in [0.1, 0.15) is 53.3 Å². The van der Waals surface area contributed by atoms with Gasteiger partial charge in [-0.25, -0.2) is 9.48 Å². The lowest BCUT2D eigenvalue weighted by atomic mass is 9.95. The molecule has 0 unspecified atom stereocenters. The summed E-state index contributed by atoms with van der Waals surface area (Å²) in [6, 6.07) is 4.95. The Balaban J connectivity index is 1.47. The van der Waals surface area contributed by atoms with Crippen LogP contribution in [0.25, 0.3) is 0 Å². The number of benzene rings is 1. The van der Waals surface area contributed by atoms with Gasteiger partial charge in [0.05, 0.1) is 25.9 Å². The zero-order valence-corrected chi connectivity index (χ0v) is 16.6. The van der Waals surface area contributed by atoms with Crippen LogP contribution in [0.4, 0.5) is 4.79 Å². The topological polar surface area (TPSA) is 118 Å². The number of hydrogen-bond acceptors (Lipinski definition) is 6. The lowest BCUT2D eigenvalue weighted by Crippen LogP contribution is -2.53. The first-order chi connectivity index (χ1) is 14.5. The number of fused-ring (bicyclic) bond motifs is 1. The molecule has 1 aromatic carbocycles. The van der Waals surface area contributed by atoms with E-state index < -0.39 is 17.5 Å². The van der Waals surface area contributed by atoms with Gasteiger partial charge in [-0.3, -0.25) is 14.9 Å². The highest BCUT2D eigenvalue weighted by atomic mass is 16.5. The highest BCUT2D eigenvalue weighted by molar-refractivity contribution is 6.08. The van der Waals surface area contributed by atoms with Gasteiger partial charge in [0, 0.05) is 12.1 Å². The van der Waals surface area contributed by atoms with Gasteiger partial charge >= 0.3 is 6.03 Å². The number of nitrogens with zero attached hydrogens (tertiary/aromatic N) is 4. The van der Waals surface area contributed by atoms with Crippen molar-refractivity contribution in [3.8, 4) is 5.75 Å². The summed E-state index contributed by atoms with van der Waals surface area (Å²) in [5, 5.41) is 13.4. The summed E-state index contributed by atoms with van der Waals surface area (Å²) in [6.45, 7) is 0.295. The van der Waals surface area contributed by atoms with Crippen LogP contribution >= 0.6 is 0 Å². The minimum atomic E-state index is -1.48. The predicted molar refractivity (Wildman–Crippen MR) is 104 cm³/mol. The van der Waals surface area contributed by atoms with Gasteiger partial charge in [-0.15, -0.1) is 5.10 Å². The van der Waals surface area contributed by atoms with Gasteiger partial charge in [-0.05, 0) is 30.5 Å². The van der Waals surface area contributed by atoms with Crippen LogP contribution in [-0.2, 0) is 16.9 Å². The third kappa shape index (κ3) is 2.82. The largest absolute Gasteiger partial charge is 0.497 e. The Morgan fingerprint density at radius 2 is 2.03 bits per heavy atom. The van der Waals surface area contributed by atoms with Crippen molar-refractivity contribution >= 4 is 17.8 Å². The second kappa shape index (κ2) is 6.82. The van der Waals surface area contributed by atoms with Crippen molar-refractivity contribution in [1.82, 2.24) is 30.5 Å². The number of urea groups is 1. The highest BCUT2D eigenvalue weighted by Crippen LogP contribution is 2.33. The molecule has 10 heteroatoms. The maximum absolute atomic E-state index is 13.0. The van der Waals surface area contributed by atoms with Crippen LogP contribution in [0.3, 0.4) is 0 Å². The monoisotopic (exact) mass is 410 g/mol. The molecule has 2 aliphatic heterocycles. The van der Waals surface area contributed by atoms with E-state index in [2.05, 4.69) is 20.9 Å². The molecule has 3 aliphatic rings. The fourth-order valence-electron chi connectivity index (χ4n) is 4.57. The Hall–Kier alpha value is -3.43. The SMILES string of the molecule is COc1ccc2c(c1)C(=O)N(C[C@@]1(c3cn(C4CCCC4)nn3)NC(=O)NC1=O)C2. The molecule has 1 saturated heterocycles. The standard InChI is InChI=1S/C20H22N6O4/c1-30-14-7-6-12-9-25(17(27)15(12)8-14)11-20(18(28)21-19(29)22-20)16-10-26(24-23-16)13-4-2-3-5-13/h6-8,10,13H,2-5,9,11H2,1H3,(H2,21,22,28,29)/t20-/m0/s1. The zero-order valence-electron chi connectivity index (χ0n) is 16.6. The van der Waals surface area contributed by atoms with Gasteiger partial charge in [0.2, 0.25) is 0 Å². The molecule has 0 bridgehead atoms. The molecule has 2 aromatic rings. The van der Waals surface area contributed by atoms with E-state index in [-0.39, 0.29) is 18.5 Å². The minimum absolute atomic E-state index is 0.0379. The minimum Gasteiger partial charge on any atom is -0.497 e. The van der Waals surface area contributed by atoms with E-state index >= 15 is 0 Å². The van der Waals surface area contributed by atoms with E-state index in [1.165, 1.54) is 0 Å². The van der Waals surface area contributed by atoms with E-state index in [0.29, 0.717) is 23.6 Å². The summed E-state index contributed by atoms with van der Waals surface area (Å²) in [4.78, 5) is 39.5. The molecule has 4 amide bonds. The highest BCUT2D eigenvalue weighted by Gasteiger charge is 2.52. The third-order valence-electron chi connectivity index (χ3n) is 6.21. The van der Waals surface area contributed by atoms with Crippen molar-refractivity contribution in [3.05, 3.63) is 41.2 Å². The van der Waals surface area contributed by atoms with Gasteiger partial charge in [0.25, 0.3) is 11.8 Å². The normalized spacial score (nSPS) is 23.6. The van der Waals surface area contributed by atoms with Crippen LogP contribution in [0.15, 0.2) is 24.4 Å². The Morgan fingerprint density at radius 1 is 1.23 bits per heavy atom. The second-order valence-electron chi connectivity index (χ2n) is 8.02. The first-order valence-corrected chi connectivity index (χ1v) is 10.0. The van der Waals surface area contributed by atoms with Crippen molar-refractivity contribution < 1.29 is 19.1 Å². The summed E-state index contributed by atoms with van der Waals surface area (Å²) < 4.78 is 6.99. The fraction of sp³-hybridized carbons (Fsp3) is 0.450. The summed E-state index contributed by atoms with van der Waals surface area (Å²) in [7, 11) is 1.54. The molecular formula is C20H22N6O4. The molecule has 156 valence electrons. The molecule has 30 heavy (non-hydrogen) atoms. The van der Waals surface area contributed by atoms with Crippen LogP contribution in [0, 0.1) is 0 Å². The van der Waals surface area contributed by atoms with E-state index in [1.54, 1.807) is 35.0 Å². The Kier molecular flexibility index (Phi) is 4.23. The molecule has 2 fully saturated rings. The van der Waals surface area contributed by atoms with Gasteiger partial charge in [-0.2, -0.15) is 0 Å². The molecule has 5 rings (SSSR count). The van der Waals surface area contributed by atoms with E-state index in [9.17, 15) is 14.4 Å². The maximum atomic E-state index is 13.0. The number of amides is 4. The van der Waals surface area contributed by atoms with E-state index in [4.69, 9.17) is 4.74 Å². The number of ether oxygens (including phenoxy) is 1. The molecule has 3 heterocycles. The number of carbonyl (C=O) groups is 3. The van der Waals surface area contributed by atoms with Crippen LogP contribution < -0.4 is 15.4 Å². The van der Waals surface area contributed by atoms with Crippen LogP contribution in [0.5, 0.6) is 5.75 Å². The smallest absolute Gasteiger partial charge is 0.322 e. The number of rotatable bonds is 5. The van der Waals surface area contributed by atoms with Gasteiger partial charge < -0.3 is 15.0 Å².